The van der Waals surface area contributed by atoms with Gasteiger partial charge in [-0.15, -0.1) is 0 Å². The van der Waals surface area contributed by atoms with E-state index >= 15 is 0 Å². The molecule has 0 heterocycles. The lowest BCUT2D eigenvalue weighted by molar-refractivity contribution is -0.138. The number of rotatable bonds is 14. The first-order valence-corrected chi connectivity index (χ1v) is 14.1. The molecule has 2 unspecified atom stereocenters. The van der Waals surface area contributed by atoms with Gasteiger partial charge in [-0.2, -0.15) is 0 Å². The van der Waals surface area contributed by atoms with E-state index in [0.717, 1.165) is 19.9 Å². The molecule has 0 aliphatic rings. The van der Waals surface area contributed by atoms with Crippen molar-refractivity contribution in [2.24, 2.45) is 0 Å². The molecule has 202 valence electrons. The second-order valence-electron chi connectivity index (χ2n) is 8.35. The summed E-state index contributed by atoms with van der Waals surface area (Å²) in [5, 5.41) is 13.1. The summed E-state index contributed by atoms with van der Waals surface area (Å²) in [6.45, 7) is 0.550. The fraction of sp³-hybridized carbons (Fsp3) is 0.259. The number of carbonyl (C=O) groups excluding carboxylic acids is 1. The zero-order valence-corrected chi connectivity index (χ0v) is 23.5. The van der Waals surface area contributed by atoms with Crippen molar-refractivity contribution in [3.05, 3.63) is 82.3 Å². The molecule has 2 N–H and O–H groups in total. The van der Waals surface area contributed by atoms with Gasteiger partial charge in [0.05, 0.1) is 13.0 Å². The Morgan fingerprint density at radius 1 is 1.00 bits per heavy atom. The second kappa shape index (κ2) is 14.9. The van der Waals surface area contributed by atoms with E-state index in [0.29, 0.717) is 30.2 Å². The lowest BCUT2D eigenvalue weighted by Crippen LogP contribution is -2.42. The first-order chi connectivity index (χ1) is 18.2. The van der Waals surface area contributed by atoms with Crippen LogP contribution in [0.5, 0.6) is 5.75 Å². The largest absolute Gasteiger partial charge is 0.755 e. The highest BCUT2D eigenvalue weighted by atomic mass is 79.9. The Hall–Kier alpha value is -2.92. The van der Waals surface area contributed by atoms with Crippen LogP contribution in [-0.2, 0) is 20.9 Å². The molecule has 3 aromatic rings. The van der Waals surface area contributed by atoms with Crippen molar-refractivity contribution in [1.82, 2.24) is 5.32 Å². The van der Waals surface area contributed by atoms with Crippen molar-refractivity contribution in [1.29, 1.82) is 0 Å². The molecule has 0 bridgehead atoms. The molecule has 3 aromatic carbocycles. The van der Waals surface area contributed by atoms with Gasteiger partial charge in [0.1, 0.15) is 11.8 Å². The Kier molecular flexibility index (Phi) is 11.6. The van der Waals surface area contributed by atoms with Crippen molar-refractivity contribution >= 4 is 56.4 Å². The molecule has 38 heavy (non-hydrogen) atoms. The second-order valence-corrected chi connectivity index (χ2v) is 10.5. The van der Waals surface area contributed by atoms with Crippen LogP contribution in [0.1, 0.15) is 25.7 Å². The van der Waals surface area contributed by atoms with E-state index in [1.807, 2.05) is 24.3 Å². The number of anilines is 1. The number of benzene rings is 3. The zero-order chi connectivity index (χ0) is 27.5. The summed E-state index contributed by atoms with van der Waals surface area (Å²) in [5.41, 5.74) is 2.09. The average molecular weight is 623 g/mol. The van der Waals surface area contributed by atoms with E-state index in [2.05, 4.69) is 21.2 Å². The molecular formula is C27H27BrClN2O6S-. The van der Waals surface area contributed by atoms with Gasteiger partial charge >= 0.3 is 5.97 Å². The third-order valence-electron chi connectivity index (χ3n) is 5.67. The normalized spacial score (nSPS) is 12.4. The molecule has 11 heteroatoms. The van der Waals surface area contributed by atoms with Crippen LogP contribution >= 0.6 is 27.5 Å². The minimum Gasteiger partial charge on any atom is -0.755 e. The number of nitrogens with zero attached hydrogens (tertiary/aromatic N) is 1. The minimum absolute atomic E-state index is 0.0906. The van der Waals surface area contributed by atoms with Crippen LogP contribution in [-0.4, -0.2) is 44.9 Å². The highest BCUT2D eigenvalue weighted by Gasteiger charge is 2.26. The van der Waals surface area contributed by atoms with Gasteiger partial charge in [0.2, 0.25) is 5.91 Å². The molecular weight excluding hydrogens is 596 g/mol. The highest BCUT2D eigenvalue weighted by Crippen LogP contribution is 2.27. The van der Waals surface area contributed by atoms with Crippen LogP contribution < -0.4 is 14.4 Å². The Morgan fingerprint density at radius 2 is 1.61 bits per heavy atom. The molecule has 0 saturated heterocycles. The van der Waals surface area contributed by atoms with Crippen molar-refractivity contribution in [2.75, 3.05) is 17.5 Å². The molecule has 8 nitrogen and oxygen atoms in total. The first kappa shape index (κ1) is 29.6. The Balaban J connectivity index is 1.47. The molecule has 1 amide bonds. The fourth-order valence-corrected chi connectivity index (χ4v) is 4.81. The van der Waals surface area contributed by atoms with Crippen LogP contribution in [0.3, 0.4) is 0 Å². The minimum atomic E-state index is -2.79. The first-order valence-electron chi connectivity index (χ1n) is 11.9. The number of amides is 1. The molecule has 0 fully saturated rings. The summed E-state index contributed by atoms with van der Waals surface area (Å²) < 4.78 is 31.3. The Bertz CT molecular complexity index is 1230. The number of hydrogen-bond donors (Lipinski definition) is 2. The third kappa shape index (κ3) is 9.13. The molecule has 3 rings (SSSR count). The molecule has 0 spiro atoms. The van der Waals surface area contributed by atoms with E-state index in [4.69, 9.17) is 16.3 Å². The van der Waals surface area contributed by atoms with Crippen molar-refractivity contribution in [2.45, 2.75) is 31.7 Å². The predicted molar refractivity (Wildman–Crippen MR) is 151 cm³/mol. The lowest BCUT2D eigenvalue weighted by atomic mass is 10.0. The van der Waals surface area contributed by atoms with Gasteiger partial charge in [0, 0.05) is 33.0 Å². The summed E-state index contributed by atoms with van der Waals surface area (Å²) in [4.78, 5) is 24.0. The number of nitrogens with one attached hydrogen (secondary N) is 1. The summed E-state index contributed by atoms with van der Waals surface area (Å²) in [6.07, 6.45) is 1.16. The number of carboxylic acids is 1. The molecule has 0 aromatic heterocycles. The van der Waals surface area contributed by atoms with Gasteiger partial charge in [0.25, 0.3) is 0 Å². The molecule has 0 aliphatic heterocycles. The maximum absolute atomic E-state index is 12.0. The van der Waals surface area contributed by atoms with Crippen LogP contribution in [0, 0.1) is 0 Å². The molecule has 0 radical (unpaired) electrons. The van der Waals surface area contributed by atoms with Gasteiger partial charge in [-0.25, -0.2) is 4.79 Å². The van der Waals surface area contributed by atoms with Gasteiger partial charge in [-0.3, -0.25) is 13.3 Å². The van der Waals surface area contributed by atoms with Gasteiger partial charge in [0.15, 0.2) is 0 Å². The smallest absolute Gasteiger partial charge is 0.327 e. The number of carboxylic acid groups (broad SMARTS) is 1. The average Bonchev–Trinajstić information content (AvgIpc) is 2.89. The van der Waals surface area contributed by atoms with Crippen molar-refractivity contribution < 1.29 is 28.2 Å². The van der Waals surface area contributed by atoms with E-state index in [1.54, 1.807) is 48.5 Å². The number of aliphatic carboxylic acids is 1. The Labute approximate surface area is 237 Å². The Morgan fingerprint density at radius 3 is 2.18 bits per heavy atom. The maximum atomic E-state index is 12.0. The monoisotopic (exact) mass is 621 g/mol. The number of carbonyl (C=O) groups is 2. The van der Waals surface area contributed by atoms with Crippen molar-refractivity contribution in [3.8, 4) is 16.9 Å². The maximum Gasteiger partial charge on any atom is 0.327 e. The highest BCUT2D eigenvalue weighted by molar-refractivity contribution is 9.10. The van der Waals surface area contributed by atoms with Crippen LogP contribution in [0.2, 0.25) is 5.02 Å². The molecule has 0 aliphatic carbocycles. The van der Waals surface area contributed by atoms with Crippen LogP contribution in [0.15, 0.2) is 77.3 Å². The number of unbranched alkanes of at least 4 members (excludes halogenated alkanes) is 1. The van der Waals surface area contributed by atoms with E-state index < -0.39 is 23.3 Å². The predicted octanol–water partition coefficient (Wildman–Crippen LogP) is 5.58. The van der Waals surface area contributed by atoms with E-state index in [1.165, 1.54) is 0 Å². The van der Waals surface area contributed by atoms with Crippen molar-refractivity contribution in [3.63, 3.8) is 0 Å². The van der Waals surface area contributed by atoms with Gasteiger partial charge < -0.3 is 19.7 Å². The number of ether oxygens (including phenoxy) is 1. The topological polar surface area (TPSA) is 119 Å². The van der Waals surface area contributed by atoms with Crippen LogP contribution in [0.4, 0.5) is 5.69 Å². The summed E-state index contributed by atoms with van der Waals surface area (Å²) in [5.74, 6) is -0.818. The quantitative estimate of drug-likeness (QED) is 0.179. The standard InChI is InChI=1S/C27H28BrClN2O6S/c28-21-8-4-19(5-9-21)20-6-12-23(13-7-20)31(38(35)36)25(27(33)34)3-1-2-17-30-26(32)16-18-37-24-14-10-22(29)11-15-24/h4-15,25H,1-3,16-18H2,(H,30,32)(H,33,34)(H,35,36)/p-1. The molecule has 2 atom stereocenters. The fourth-order valence-electron chi connectivity index (χ4n) is 3.73. The zero-order valence-electron chi connectivity index (χ0n) is 20.3. The molecule has 0 saturated carbocycles. The van der Waals surface area contributed by atoms with Gasteiger partial charge in [-0.1, -0.05) is 51.8 Å². The number of hydrogen-bond acceptors (Lipinski definition) is 5. The van der Waals surface area contributed by atoms with Crippen LogP contribution in [0.25, 0.3) is 11.1 Å². The summed E-state index contributed by atoms with van der Waals surface area (Å²) in [6, 6.07) is 19.9. The SMILES string of the molecule is O=C(CCOc1ccc(Cl)cc1)NCCCCC(C(=O)O)N(c1ccc(-c2ccc(Br)cc2)cc1)S(=O)[O-]. The van der Waals surface area contributed by atoms with E-state index in [-0.39, 0.29) is 31.0 Å². The lowest BCUT2D eigenvalue weighted by Gasteiger charge is -2.32. The van der Waals surface area contributed by atoms with Gasteiger partial charge in [-0.05, 0) is 78.9 Å². The summed E-state index contributed by atoms with van der Waals surface area (Å²) >= 11 is 6.43. The van der Waals surface area contributed by atoms with E-state index in [9.17, 15) is 23.5 Å². The number of halogens is 2. The third-order valence-corrected chi connectivity index (χ3v) is 7.23. The summed E-state index contributed by atoms with van der Waals surface area (Å²) in [7, 11) is 0.